The van der Waals surface area contributed by atoms with Gasteiger partial charge in [-0.05, 0) is 69.8 Å². The maximum atomic E-state index is 5.87. The molecule has 0 amide bonds. The third kappa shape index (κ3) is 6.03. The zero-order chi connectivity index (χ0) is 24.8. The van der Waals surface area contributed by atoms with Gasteiger partial charge in [-0.15, -0.1) is 22.0 Å². The molecule has 8 nitrogen and oxygen atoms in total. The molecule has 188 valence electrons. The molecule has 1 aromatic heterocycles. The van der Waals surface area contributed by atoms with Gasteiger partial charge in [0.15, 0.2) is 5.82 Å². The largest absolute Gasteiger partial charge is 0.491 e. The molecule has 35 heavy (non-hydrogen) atoms. The number of thioether (sulfide) groups is 1. The van der Waals surface area contributed by atoms with Crippen molar-refractivity contribution in [2.24, 2.45) is 4.99 Å². The van der Waals surface area contributed by atoms with Crippen LogP contribution in [0, 0.1) is 6.92 Å². The van der Waals surface area contributed by atoms with Gasteiger partial charge in [-0.25, -0.2) is 0 Å². The Bertz CT molecular complexity index is 1090. The lowest BCUT2D eigenvalue weighted by atomic mass is 9.98. The van der Waals surface area contributed by atoms with Crippen LogP contribution in [0.15, 0.2) is 47.0 Å². The third-order valence-corrected chi connectivity index (χ3v) is 6.81. The van der Waals surface area contributed by atoms with Crippen LogP contribution in [0.25, 0.3) is 5.03 Å². The second-order valence-electron chi connectivity index (χ2n) is 8.73. The van der Waals surface area contributed by atoms with Gasteiger partial charge < -0.3 is 19.5 Å². The summed E-state index contributed by atoms with van der Waals surface area (Å²) in [4.78, 5) is 5.05. The van der Waals surface area contributed by atoms with E-state index in [0.717, 1.165) is 64.4 Å². The maximum Gasteiger partial charge on any atom is 0.162 e. The first kappa shape index (κ1) is 25.6. The van der Waals surface area contributed by atoms with E-state index < -0.39 is 0 Å². The van der Waals surface area contributed by atoms with Crippen molar-refractivity contribution in [3.05, 3.63) is 59.2 Å². The Hall–Kier alpha value is -2.46. The van der Waals surface area contributed by atoms with Gasteiger partial charge in [0.05, 0.1) is 36.7 Å². The lowest BCUT2D eigenvalue weighted by molar-refractivity contribution is 0.00675. The number of aryl methyl sites for hydroxylation is 1. The molecule has 2 aromatic rings. The highest BCUT2D eigenvalue weighted by Gasteiger charge is 2.28. The average Bonchev–Trinajstić information content (AvgIpc) is 3.48. The number of nitrogens with zero attached hydrogens (tertiary/aromatic N) is 4. The Morgan fingerprint density at radius 2 is 1.94 bits per heavy atom. The topological polar surface area (TPSA) is 82.8 Å². The van der Waals surface area contributed by atoms with E-state index in [4.69, 9.17) is 19.2 Å². The summed E-state index contributed by atoms with van der Waals surface area (Å²) in [7, 11) is 0. The highest BCUT2D eigenvalue weighted by atomic mass is 32.2. The fraction of sp³-hybridized carbons (Fsp3) is 0.500. The molecule has 0 bridgehead atoms. The first-order valence-electron chi connectivity index (χ1n) is 12.1. The molecule has 2 aliphatic rings. The summed E-state index contributed by atoms with van der Waals surface area (Å²) in [6.45, 7) is 14.5. The van der Waals surface area contributed by atoms with Crippen molar-refractivity contribution in [3.63, 3.8) is 0 Å². The predicted octanol–water partition coefficient (Wildman–Crippen LogP) is 4.03. The van der Waals surface area contributed by atoms with Gasteiger partial charge in [-0.3, -0.25) is 9.56 Å². The van der Waals surface area contributed by atoms with Crippen LogP contribution >= 0.6 is 11.8 Å². The molecule has 0 aliphatic carbocycles. The summed E-state index contributed by atoms with van der Waals surface area (Å²) in [6.07, 6.45) is 3.46. The van der Waals surface area contributed by atoms with E-state index in [1.165, 1.54) is 0 Å². The SMILES string of the molecule is C=C(C)C1=C(SC)n2c(C)nnc2C(C)N=C1c1ccc(OCCOCCOC2CCNC2)cc1. The number of ether oxygens (including phenoxy) is 3. The molecule has 1 N–H and O–H groups in total. The van der Waals surface area contributed by atoms with Crippen molar-refractivity contribution in [1.29, 1.82) is 0 Å². The van der Waals surface area contributed by atoms with Crippen molar-refractivity contribution < 1.29 is 14.2 Å². The minimum Gasteiger partial charge on any atom is -0.491 e. The summed E-state index contributed by atoms with van der Waals surface area (Å²) in [5.74, 6) is 2.48. The molecule has 1 aromatic carbocycles. The molecular formula is C26H35N5O3S. The van der Waals surface area contributed by atoms with Crippen LogP contribution in [0.2, 0.25) is 0 Å². The molecular weight excluding hydrogens is 462 g/mol. The average molecular weight is 498 g/mol. The van der Waals surface area contributed by atoms with E-state index in [1.807, 2.05) is 45.0 Å². The van der Waals surface area contributed by atoms with Crippen LogP contribution in [-0.2, 0) is 9.47 Å². The summed E-state index contributed by atoms with van der Waals surface area (Å²) >= 11 is 1.66. The monoisotopic (exact) mass is 497 g/mol. The van der Waals surface area contributed by atoms with Crippen LogP contribution in [0.5, 0.6) is 5.75 Å². The number of benzene rings is 1. The lowest BCUT2D eigenvalue weighted by Crippen LogP contribution is -2.19. The maximum absolute atomic E-state index is 5.87. The van der Waals surface area contributed by atoms with E-state index in [9.17, 15) is 0 Å². The summed E-state index contributed by atoms with van der Waals surface area (Å²) < 4.78 is 19.4. The van der Waals surface area contributed by atoms with Gasteiger partial charge >= 0.3 is 0 Å². The second-order valence-corrected chi connectivity index (χ2v) is 9.52. The van der Waals surface area contributed by atoms with Crippen LogP contribution in [0.3, 0.4) is 0 Å². The number of nitrogens with one attached hydrogen (secondary N) is 1. The Labute approximate surface area is 211 Å². The number of rotatable bonds is 11. The summed E-state index contributed by atoms with van der Waals surface area (Å²) in [5, 5.41) is 13.0. The smallest absolute Gasteiger partial charge is 0.162 e. The van der Waals surface area contributed by atoms with Gasteiger partial charge in [-0.2, -0.15) is 0 Å². The molecule has 2 unspecified atom stereocenters. The molecule has 1 fully saturated rings. The normalized spacial score (nSPS) is 19.9. The van der Waals surface area contributed by atoms with E-state index >= 15 is 0 Å². The summed E-state index contributed by atoms with van der Waals surface area (Å²) in [5.41, 5.74) is 3.89. The number of aromatic nitrogens is 3. The zero-order valence-electron chi connectivity index (χ0n) is 21.0. The number of aliphatic imine (C=N–C) groups is 1. The Morgan fingerprint density at radius 3 is 2.63 bits per heavy atom. The van der Waals surface area contributed by atoms with Gasteiger partial charge in [0.1, 0.15) is 24.2 Å². The van der Waals surface area contributed by atoms with Crippen molar-refractivity contribution in [2.75, 3.05) is 45.8 Å². The third-order valence-electron chi connectivity index (χ3n) is 6.04. The second kappa shape index (κ2) is 12.0. The minimum atomic E-state index is -0.132. The first-order chi connectivity index (χ1) is 17.0. The standard InChI is InChI=1S/C26H35N5O3S/c1-17(2)23-24(28-18(3)25-30-29-19(4)31(25)26(23)35-5)20-6-8-21(9-7-20)33-14-12-32-13-15-34-22-10-11-27-16-22/h6-9,18,22,27H,1,10-16H2,2-5H3. The number of hydrogen-bond donors (Lipinski definition) is 1. The minimum absolute atomic E-state index is 0.132. The van der Waals surface area contributed by atoms with Crippen LogP contribution in [0.4, 0.5) is 0 Å². The molecule has 3 heterocycles. The van der Waals surface area contributed by atoms with Crippen LogP contribution in [-0.4, -0.2) is 72.4 Å². The predicted molar refractivity (Wildman–Crippen MR) is 141 cm³/mol. The zero-order valence-corrected chi connectivity index (χ0v) is 21.9. The highest BCUT2D eigenvalue weighted by Crippen LogP contribution is 2.37. The van der Waals surface area contributed by atoms with Crippen molar-refractivity contribution in [1.82, 2.24) is 20.1 Å². The molecule has 9 heteroatoms. The molecule has 4 rings (SSSR count). The quantitative estimate of drug-likeness (QED) is 0.469. The Balaban J connectivity index is 1.39. The van der Waals surface area contributed by atoms with Gasteiger partial charge in [0.25, 0.3) is 0 Å². The highest BCUT2D eigenvalue weighted by molar-refractivity contribution is 8.07. The first-order valence-corrected chi connectivity index (χ1v) is 13.3. The van der Waals surface area contributed by atoms with E-state index in [-0.39, 0.29) is 6.04 Å². The number of allylic oxidation sites excluding steroid dienone is 2. The van der Waals surface area contributed by atoms with Gasteiger partial charge in [0, 0.05) is 17.7 Å². The van der Waals surface area contributed by atoms with Crippen LogP contribution < -0.4 is 10.1 Å². The fourth-order valence-corrected chi connectivity index (χ4v) is 5.18. The van der Waals surface area contributed by atoms with Crippen molar-refractivity contribution in [2.45, 2.75) is 39.3 Å². The number of hydrogen-bond acceptors (Lipinski definition) is 8. The lowest BCUT2D eigenvalue weighted by Gasteiger charge is -2.16. The van der Waals surface area contributed by atoms with Crippen molar-refractivity contribution >= 4 is 22.5 Å². The van der Waals surface area contributed by atoms with Crippen LogP contribution in [0.1, 0.15) is 43.5 Å². The number of fused-ring (bicyclic) bond motifs is 1. The molecule has 2 atom stereocenters. The Kier molecular flexibility index (Phi) is 8.78. The Morgan fingerprint density at radius 1 is 1.17 bits per heavy atom. The van der Waals surface area contributed by atoms with E-state index in [0.29, 0.717) is 32.5 Å². The molecule has 0 spiro atoms. The van der Waals surface area contributed by atoms with E-state index in [1.54, 1.807) is 11.8 Å². The van der Waals surface area contributed by atoms with E-state index in [2.05, 4.69) is 32.9 Å². The van der Waals surface area contributed by atoms with Gasteiger partial charge in [-0.1, -0.05) is 6.58 Å². The molecule has 0 saturated carbocycles. The molecule has 2 aliphatic heterocycles. The summed E-state index contributed by atoms with van der Waals surface area (Å²) in [6, 6.07) is 7.91. The molecule has 1 saturated heterocycles. The van der Waals surface area contributed by atoms with Gasteiger partial charge in [0.2, 0.25) is 0 Å². The van der Waals surface area contributed by atoms with Crippen molar-refractivity contribution in [3.8, 4) is 5.75 Å². The fourth-order valence-electron chi connectivity index (χ4n) is 4.30. The molecule has 0 radical (unpaired) electrons.